The van der Waals surface area contributed by atoms with Crippen LogP contribution in [0.5, 0.6) is 11.5 Å². The van der Waals surface area contributed by atoms with Crippen LogP contribution in [0.2, 0.25) is 0 Å². The Morgan fingerprint density at radius 3 is 2.55 bits per heavy atom. The largest absolute Gasteiger partial charge is 0.504 e. The summed E-state index contributed by atoms with van der Waals surface area (Å²) in [6.45, 7) is 4.28. The maximum atomic E-state index is 13.3. The van der Waals surface area contributed by atoms with Gasteiger partial charge in [0.15, 0.2) is 17.3 Å². The number of phenolic OH excluding ortho intramolecular Hbond substituents is 2. The van der Waals surface area contributed by atoms with Crippen LogP contribution in [0.25, 0.3) is 16.3 Å². The number of phenols is 2. The van der Waals surface area contributed by atoms with Crippen LogP contribution in [0.4, 0.5) is 5.69 Å². The van der Waals surface area contributed by atoms with E-state index in [2.05, 4.69) is 43.4 Å². The highest BCUT2D eigenvalue weighted by molar-refractivity contribution is 6.12. The number of Topliss-reactive ketones (excluding diaryl/α,β-unsaturated/α-hetero) is 1. The maximum absolute atomic E-state index is 13.3. The van der Waals surface area contributed by atoms with Crippen molar-refractivity contribution in [2.24, 2.45) is 5.41 Å². The minimum absolute atomic E-state index is 0.108. The van der Waals surface area contributed by atoms with Crippen LogP contribution in [0.3, 0.4) is 0 Å². The van der Waals surface area contributed by atoms with Gasteiger partial charge in [-0.2, -0.15) is 0 Å². The lowest BCUT2D eigenvalue weighted by Crippen LogP contribution is -2.33. The standard InChI is InChI=1S/C25H23NO3/c1-25(2)12-17-22-16-6-4-3-5-14(16)7-9-18(22)26-24(23(17)21(29)13-25)15-8-10-19(27)20(28)11-15/h3-11,24,26-28H,12-13H2,1-2H3/t24-/m0/s1. The first-order valence-corrected chi connectivity index (χ1v) is 9.91. The second-order valence-corrected chi connectivity index (χ2v) is 8.87. The van der Waals surface area contributed by atoms with E-state index in [9.17, 15) is 15.0 Å². The molecule has 0 fully saturated rings. The van der Waals surface area contributed by atoms with Crippen LogP contribution >= 0.6 is 0 Å². The van der Waals surface area contributed by atoms with E-state index in [1.54, 1.807) is 6.07 Å². The van der Waals surface area contributed by atoms with E-state index in [4.69, 9.17) is 0 Å². The molecule has 3 aromatic rings. The Morgan fingerprint density at radius 1 is 0.966 bits per heavy atom. The Labute approximate surface area is 169 Å². The minimum atomic E-state index is -0.353. The van der Waals surface area contributed by atoms with Crippen molar-refractivity contribution in [2.45, 2.75) is 32.7 Å². The van der Waals surface area contributed by atoms with E-state index in [0.29, 0.717) is 6.42 Å². The van der Waals surface area contributed by atoms with Crippen molar-refractivity contribution in [3.05, 3.63) is 71.3 Å². The summed E-state index contributed by atoms with van der Waals surface area (Å²) in [6.07, 6.45) is 1.31. The summed E-state index contributed by atoms with van der Waals surface area (Å²) in [5.41, 5.74) is 4.62. The molecule has 4 nitrogen and oxygen atoms in total. The molecule has 1 atom stereocenters. The molecule has 0 aromatic heterocycles. The Bertz CT molecular complexity index is 1210. The van der Waals surface area contributed by atoms with Gasteiger partial charge in [-0.3, -0.25) is 4.79 Å². The van der Waals surface area contributed by atoms with Gasteiger partial charge in [-0.15, -0.1) is 0 Å². The highest BCUT2D eigenvalue weighted by atomic mass is 16.3. The van der Waals surface area contributed by atoms with Gasteiger partial charge in [0.2, 0.25) is 0 Å². The molecule has 0 saturated carbocycles. The molecule has 5 rings (SSSR count). The van der Waals surface area contributed by atoms with Crippen molar-refractivity contribution < 1.29 is 15.0 Å². The fourth-order valence-electron chi connectivity index (χ4n) is 4.81. The molecular formula is C25H23NO3. The monoisotopic (exact) mass is 385 g/mol. The zero-order valence-corrected chi connectivity index (χ0v) is 16.5. The van der Waals surface area contributed by atoms with Crippen molar-refractivity contribution in [1.29, 1.82) is 0 Å². The van der Waals surface area contributed by atoms with E-state index < -0.39 is 0 Å². The molecule has 1 aliphatic carbocycles. The Hall–Kier alpha value is -3.27. The van der Waals surface area contributed by atoms with Crippen molar-refractivity contribution >= 4 is 27.8 Å². The van der Waals surface area contributed by atoms with Crippen LogP contribution in [0, 0.1) is 5.41 Å². The first-order chi connectivity index (χ1) is 13.8. The summed E-state index contributed by atoms with van der Waals surface area (Å²) in [5, 5.41) is 25.6. The second-order valence-electron chi connectivity index (χ2n) is 8.87. The molecule has 1 aliphatic heterocycles. The molecular weight excluding hydrogens is 362 g/mol. The number of fused-ring (bicyclic) bond motifs is 4. The number of aromatic hydroxyl groups is 2. The number of hydrogen-bond acceptors (Lipinski definition) is 4. The van der Waals surface area contributed by atoms with E-state index in [1.165, 1.54) is 12.1 Å². The first kappa shape index (κ1) is 17.8. The van der Waals surface area contributed by atoms with Crippen LogP contribution in [0.1, 0.15) is 43.9 Å². The predicted molar refractivity (Wildman–Crippen MR) is 115 cm³/mol. The van der Waals surface area contributed by atoms with Crippen LogP contribution in [0.15, 0.2) is 60.2 Å². The van der Waals surface area contributed by atoms with Gasteiger partial charge >= 0.3 is 0 Å². The quantitative estimate of drug-likeness (QED) is 0.480. The SMILES string of the molecule is CC1(C)CC(=O)C2=C(C1)c1c(ccc3ccccc13)N[C@H]2c1ccc(O)c(O)c1. The average molecular weight is 385 g/mol. The number of anilines is 1. The molecule has 29 heavy (non-hydrogen) atoms. The fraction of sp³-hybridized carbons (Fsp3) is 0.240. The topological polar surface area (TPSA) is 69.6 Å². The Balaban J connectivity index is 1.80. The molecule has 2 aliphatic rings. The van der Waals surface area contributed by atoms with Gasteiger partial charge in [0.1, 0.15) is 0 Å². The Kier molecular flexibility index (Phi) is 3.75. The summed E-state index contributed by atoms with van der Waals surface area (Å²) in [6, 6.07) is 16.8. The molecule has 4 heteroatoms. The summed E-state index contributed by atoms with van der Waals surface area (Å²) >= 11 is 0. The first-order valence-electron chi connectivity index (χ1n) is 9.91. The van der Waals surface area contributed by atoms with Gasteiger partial charge in [0.25, 0.3) is 0 Å². The molecule has 0 saturated heterocycles. The smallest absolute Gasteiger partial charge is 0.162 e. The molecule has 0 radical (unpaired) electrons. The van der Waals surface area contributed by atoms with E-state index in [1.807, 2.05) is 12.1 Å². The van der Waals surface area contributed by atoms with Crippen LogP contribution < -0.4 is 5.32 Å². The molecule has 1 heterocycles. The van der Waals surface area contributed by atoms with E-state index in [-0.39, 0.29) is 28.7 Å². The van der Waals surface area contributed by atoms with Gasteiger partial charge in [-0.05, 0) is 51.9 Å². The third-order valence-electron chi connectivity index (χ3n) is 6.07. The third kappa shape index (κ3) is 2.79. The van der Waals surface area contributed by atoms with E-state index >= 15 is 0 Å². The fourth-order valence-corrected chi connectivity index (χ4v) is 4.81. The van der Waals surface area contributed by atoms with Crippen molar-refractivity contribution in [1.82, 2.24) is 0 Å². The third-order valence-corrected chi connectivity index (χ3v) is 6.07. The lowest BCUT2D eigenvalue weighted by molar-refractivity contribution is -0.118. The van der Waals surface area contributed by atoms with Crippen molar-refractivity contribution in [3.8, 4) is 11.5 Å². The molecule has 0 unspecified atom stereocenters. The van der Waals surface area contributed by atoms with Gasteiger partial charge in [0.05, 0.1) is 6.04 Å². The highest BCUT2D eigenvalue weighted by Crippen LogP contribution is 2.52. The lowest BCUT2D eigenvalue weighted by Gasteiger charge is -2.40. The Morgan fingerprint density at radius 2 is 1.76 bits per heavy atom. The number of rotatable bonds is 1. The van der Waals surface area contributed by atoms with Crippen LogP contribution in [-0.2, 0) is 4.79 Å². The van der Waals surface area contributed by atoms with Gasteiger partial charge < -0.3 is 15.5 Å². The maximum Gasteiger partial charge on any atom is 0.162 e. The molecule has 146 valence electrons. The molecule has 3 aromatic carbocycles. The normalized spacial score (nSPS) is 20.2. The number of carbonyl (C=O) groups excluding carboxylic acids is 1. The highest BCUT2D eigenvalue weighted by Gasteiger charge is 2.40. The number of carbonyl (C=O) groups is 1. The molecule has 0 amide bonds. The summed E-state index contributed by atoms with van der Waals surface area (Å²) in [7, 11) is 0. The molecule has 3 N–H and O–H groups in total. The summed E-state index contributed by atoms with van der Waals surface area (Å²) in [5.74, 6) is -0.208. The van der Waals surface area contributed by atoms with Crippen LogP contribution in [-0.4, -0.2) is 16.0 Å². The summed E-state index contributed by atoms with van der Waals surface area (Å²) < 4.78 is 0. The van der Waals surface area contributed by atoms with Crippen molar-refractivity contribution in [3.63, 3.8) is 0 Å². The van der Waals surface area contributed by atoms with Gasteiger partial charge in [-0.1, -0.05) is 50.2 Å². The number of ketones is 1. The molecule has 0 bridgehead atoms. The summed E-state index contributed by atoms with van der Waals surface area (Å²) in [4.78, 5) is 13.3. The van der Waals surface area contributed by atoms with Gasteiger partial charge in [0, 0.05) is 23.2 Å². The zero-order valence-electron chi connectivity index (χ0n) is 16.5. The minimum Gasteiger partial charge on any atom is -0.504 e. The van der Waals surface area contributed by atoms with Crippen molar-refractivity contribution in [2.75, 3.05) is 5.32 Å². The zero-order chi connectivity index (χ0) is 20.3. The number of benzene rings is 3. The lowest BCUT2D eigenvalue weighted by atomic mass is 9.68. The number of hydrogen-bond donors (Lipinski definition) is 3. The average Bonchev–Trinajstić information content (AvgIpc) is 2.68. The van der Waals surface area contributed by atoms with E-state index in [0.717, 1.165) is 45.2 Å². The van der Waals surface area contributed by atoms with Gasteiger partial charge in [-0.25, -0.2) is 0 Å². The number of allylic oxidation sites excluding steroid dienone is 1. The number of nitrogens with one attached hydrogen (secondary N) is 1. The predicted octanol–water partition coefficient (Wildman–Crippen LogP) is 5.56. The molecule has 0 spiro atoms. The second kappa shape index (κ2) is 6.11.